The summed E-state index contributed by atoms with van der Waals surface area (Å²) in [5.74, 6) is 0.271. The molecule has 0 radical (unpaired) electrons. The van der Waals surface area contributed by atoms with E-state index in [1.807, 2.05) is 0 Å². The lowest BCUT2D eigenvalue weighted by atomic mass is 9.84. The minimum absolute atomic E-state index is 0.271. The van der Waals surface area contributed by atoms with Gasteiger partial charge < -0.3 is 9.97 Å². The van der Waals surface area contributed by atoms with Crippen molar-refractivity contribution < 1.29 is 0 Å². The fourth-order valence-corrected chi connectivity index (χ4v) is 3.91. The van der Waals surface area contributed by atoms with E-state index in [4.69, 9.17) is 0 Å². The van der Waals surface area contributed by atoms with Crippen LogP contribution in [-0.2, 0) is 0 Å². The third kappa shape index (κ3) is 1.96. The molecular weight excluding hydrogens is 292 g/mol. The first kappa shape index (κ1) is 13.4. The summed E-state index contributed by atoms with van der Waals surface area (Å²) in [4.78, 5) is 6.89. The highest BCUT2D eigenvalue weighted by Crippen LogP contribution is 2.41. The van der Waals surface area contributed by atoms with Crippen LogP contribution < -0.4 is 0 Å². The van der Waals surface area contributed by atoms with Crippen molar-refractivity contribution in [2.45, 2.75) is 12.3 Å². The van der Waals surface area contributed by atoms with E-state index in [9.17, 15) is 0 Å². The maximum Gasteiger partial charge on any atom is 0.0457 e. The molecule has 0 bridgehead atoms. The fourth-order valence-electron chi connectivity index (χ4n) is 3.91. The van der Waals surface area contributed by atoms with Gasteiger partial charge in [0.1, 0.15) is 0 Å². The molecule has 2 heteroatoms. The zero-order valence-electron chi connectivity index (χ0n) is 13.3. The lowest BCUT2D eigenvalue weighted by molar-refractivity contribution is 0.936. The van der Waals surface area contributed by atoms with E-state index in [1.54, 1.807) is 0 Å². The largest absolute Gasteiger partial charge is 0.361 e. The molecule has 2 nitrogen and oxygen atoms in total. The maximum absolute atomic E-state index is 3.44. The number of allylic oxidation sites excluding steroid dienone is 4. The highest BCUT2D eigenvalue weighted by atomic mass is 14.7. The van der Waals surface area contributed by atoms with Gasteiger partial charge in [-0.1, -0.05) is 60.2 Å². The van der Waals surface area contributed by atoms with Gasteiger partial charge in [-0.3, -0.25) is 0 Å². The Kier molecular flexibility index (Phi) is 2.95. The summed E-state index contributed by atoms with van der Waals surface area (Å²) in [5, 5.41) is 2.61. The number of aromatic amines is 2. The highest BCUT2D eigenvalue weighted by molar-refractivity contribution is 5.89. The van der Waals surface area contributed by atoms with Crippen LogP contribution in [0.15, 0.2) is 84.7 Å². The minimum atomic E-state index is 0.271. The van der Waals surface area contributed by atoms with Gasteiger partial charge in [-0.05, 0) is 29.7 Å². The topological polar surface area (TPSA) is 31.6 Å². The molecule has 0 aliphatic heterocycles. The first-order chi connectivity index (χ1) is 11.9. The summed E-state index contributed by atoms with van der Waals surface area (Å²) in [6, 6.07) is 17.1. The summed E-state index contributed by atoms with van der Waals surface area (Å²) in [6.45, 7) is 0. The van der Waals surface area contributed by atoms with Crippen LogP contribution in [0.1, 0.15) is 23.5 Å². The van der Waals surface area contributed by atoms with Crippen LogP contribution >= 0.6 is 0 Å². The van der Waals surface area contributed by atoms with Gasteiger partial charge >= 0.3 is 0 Å². The SMILES string of the molecule is C1=CCC(C(c2c[nH]c3ccccc23)c2c[nH]c3ccccc23)=C1. The first-order valence-corrected chi connectivity index (χ1v) is 8.39. The predicted molar refractivity (Wildman–Crippen MR) is 100 cm³/mol. The Morgan fingerprint density at radius 2 is 1.33 bits per heavy atom. The molecule has 2 N–H and O–H groups in total. The second-order valence-electron chi connectivity index (χ2n) is 6.39. The van der Waals surface area contributed by atoms with Crippen molar-refractivity contribution in [3.63, 3.8) is 0 Å². The Labute approximate surface area is 140 Å². The van der Waals surface area contributed by atoms with Crippen molar-refractivity contribution >= 4 is 21.8 Å². The number of nitrogens with one attached hydrogen (secondary N) is 2. The number of benzene rings is 2. The van der Waals surface area contributed by atoms with Crippen LogP contribution in [0, 0.1) is 0 Å². The summed E-state index contributed by atoms with van der Waals surface area (Å²) < 4.78 is 0. The molecule has 2 aromatic heterocycles. The molecule has 4 aromatic rings. The zero-order chi connectivity index (χ0) is 15.9. The molecule has 0 saturated carbocycles. The normalized spacial score (nSPS) is 14.1. The second kappa shape index (κ2) is 5.27. The van der Waals surface area contributed by atoms with Crippen LogP contribution in [0.25, 0.3) is 21.8 Å². The summed E-state index contributed by atoms with van der Waals surface area (Å²) in [5.41, 5.74) is 6.55. The van der Waals surface area contributed by atoms with Crippen molar-refractivity contribution in [3.05, 3.63) is 95.9 Å². The molecule has 2 aromatic carbocycles. The van der Waals surface area contributed by atoms with Crippen LogP contribution in [0.5, 0.6) is 0 Å². The van der Waals surface area contributed by atoms with Gasteiger partial charge in [-0.15, -0.1) is 0 Å². The Morgan fingerprint density at radius 1 is 0.750 bits per heavy atom. The second-order valence-corrected chi connectivity index (χ2v) is 6.39. The van der Waals surface area contributed by atoms with E-state index in [0.717, 1.165) is 6.42 Å². The summed E-state index contributed by atoms with van der Waals surface area (Å²) in [7, 11) is 0. The molecule has 0 saturated heterocycles. The van der Waals surface area contributed by atoms with E-state index in [0.29, 0.717) is 0 Å². The van der Waals surface area contributed by atoms with Crippen molar-refractivity contribution in [1.82, 2.24) is 9.97 Å². The van der Waals surface area contributed by atoms with Gasteiger partial charge in [0.25, 0.3) is 0 Å². The highest BCUT2D eigenvalue weighted by Gasteiger charge is 2.24. The van der Waals surface area contributed by atoms with E-state index in [-0.39, 0.29) is 5.92 Å². The number of hydrogen-bond acceptors (Lipinski definition) is 0. The van der Waals surface area contributed by atoms with Gasteiger partial charge in [0.2, 0.25) is 0 Å². The molecule has 1 aliphatic rings. The average molecular weight is 310 g/mol. The third-order valence-corrected chi connectivity index (χ3v) is 5.04. The zero-order valence-corrected chi connectivity index (χ0v) is 13.3. The van der Waals surface area contributed by atoms with E-state index >= 15 is 0 Å². The van der Waals surface area contributed by atoms with Crippen molar-refractivity contribution in [3.8, 4) is 0 Å². The quantitative estimate of drug-likeness (QED) is 0.489. The maximum atomic E-state index is 3.44. The lowest BCUT2D eigenvalue weighted by Crippen LogP contribution is -2.02. The molecule has 24 heavy (non-hydrogen) atoms. The number of para-hydroxylation sites is 2. The monoisotopic (exact) mass is 310 g/mol. The molecule has 0 unspecified atom stereocenters. The van der Waals surface area contributed by atoms with Gasteiger partial charge in [0.05, 0.1) is 0 Å². The Hall–Kier alpha value is -3.00. The van der Waals surface area contributed by atoms with Gasteiger partial charge in [0.15, 0.2) is 0 Å². The summed E-state index contributed by atoms with van der Waals surface area (Å²) >= 11 is 0. The van der Waals surface area contributed by atoms with E-state index in [1.165, 1.54) is 38.5 Å². The molecule has 2 heterocycles. The summed E-state index contributed by atoms with van der Waals surface area (Å²) in [6.07, 6.45) is 12.1. The standard InChI is InChI=1S/C22H18N2/c1-2-8-15(7-1)22(18-13-23-20-11-5-3-9-16(18)20)19-14-24-21-12-6-4-10-17(19)21/h1-7,9-14,22-24H,8H2. The van der Waals surface area contributed by atoms with Crippen molar-refractivity contribution in [2.24, 2.45) is 0 Å². The van der Waals surface area contributed by atoms with Crippen LogP contribution in [0.4, 0.5) is 0 Å². The lowest BCUT2D eigenvalue weighted by Gasteiger charge is -2.18. The van der Waals surface area contributed by atoms with Crippen molar-refractivity contribution in [2.75, 3.05) is 0 Å². The number of H-pyrrole nitrogens is 2. The van der Waals surface area contributed by atoms with Crippen LogP contribution in [0.3, 0.4) is 0 Å². The fraction of sp³-hybridized carbons (Fsp3) is 0.0909. The van der Waals surface area contributed by atoms with E-state index < -0.39 is 0 Å². The smallest absolute Gasteiger partial charge is 0.0457 e. The molecule has 0 spiro atoms. The van der Waals surface area contributed by atoms with E-state index in [2.05, 4.69) is 89.1 Å². The number of hydrogen-bond donors (Lipinski definition) is 2. The third-order valence-electron chi connectivity index (χ3n) is 5.04. The number of rotatable bonds is 3. The molecule has 0 fully saturated rings. The molecule has 116 valence electrons. The molecule has 0 atom stereocenters. The van der Waals surface area contributed by atoms with Crippen LogP contribution in [-0.4, -0.2) is 9.97 Å². The van der Waals surface area contributed by atoms with Crippen molar-refractivity contribution in [1.29, 1.82) is 0 Å². The molecule has 0 amide bonds. The average Bonchev–Trinajstić information content (AvgIpc) is 3.36. The van der Waals surface area contributed by atoms with Gasteiger partial charge in [-0.2, -0.15) is 0 Å². The number of aromatic nitrogens is 2. The minimum Gasteiger partial charge on any atom is -0.361 e. The Balaban J connectivity index is 1.77. The van der Waals surface area contributed by atoms with Crippen LogP contribution in [0.2, 0.25) is 0 Å². The molecule has 1 aliphatic carbocycles. The molecule has 5 rings (SSSR count). The molecular formula is C22H18N2. The van der Waals surface area contributed by atoms with Gasteiger partial charge in [0, 0.05) is 40.1 Å². The first-order valence-electron chi connectivity index (χ1n) is 8.39. The Morgan fingerprint density at radius 3 is 1.88 bits per heavy atom. The Bertz CT molecular complexity index is 1020. The predicted octanol–water partition coefficient (Wildman–Crippen LogP) is 5.67. The number of fused-ring (bicyclic) bond motifs is 2. The van der Waals surface area contributed by atoms with Gasteiger partial charge in [-0.25, -0.2) is 0 Å².